The third-order valence-electron chi connectivity index (χ3n) is 5.74. The number of nitrogen functional groups attached to an aromatic ring is 2. The van der Waals surface area contributed by atoms with Crippen molar-refractivity contribution in [2.75, 3.05) is 24.6 Å². The minimum absolute atomic E-state index is 0.0148. The van der Waals surface area contributed by atoms with E-state index in [0.29, 0.717) is 51.2 Å². The summed E-state index contributed by atoms with van der Waals surface area (Å²) in [5, 5.41) is 3.46. The van der Waals surface area contributed by atoms with Gasteiger partial charge in [-0.05, 0) is 68.5 Å². The molecule has 1 fully saturated rings. The SMILES string of the molecule is Nc1c(Br)cc(C(=O)CCC(=O)N2CCC(NCc3cccc(N=C=O)c3N)CC2)cc1Br. The molecule has 0 aliphatic carbocycles. The zero-order chi connectivity index (χ0) is 24.0. The number of nitrogens with two attached hydrogens (primary N) is 2. The number of Topliss-reactive ketones (excluding diaryl/α,β-unsaturated/α-hetero) is 1. The largest absolute Gasteiger partial charge is 0.397 e. The molecule has 2 aromatic carbocycles. The van der Waals surface area contributed by atoms with Crippen molar-refractivity contribution in [3.05, 3.63) is 50.4 Å². The molecule has 5 N–H and O–H groups in total. The first-order chi connectivity index (χ1) is 15.8. The van der Waals surface area contributed by atoms with Gasteiger partial charge in [0.25, 0.3) is 0 Å². The maximum absolute atomic E-state index is 12.6. The molecule has 0 aromatic heterocycles. The molecule has 33 heavy (non-hydrogen) atoms. The van der Waals surface area contributed by atoms with Gasteiger partial charge in [0.05, 0.1) is 17.1 Å². The Hall–Kier alpha value is -2.52. The van der Waals surface area contributed by atoms with Crippen molar-refractivity contribution < 1.29 is 14.4 Å². The number of halogens is 2. The van der Waals surface area contributed by atoms with E-state index in [4.69, 9.17) is 11.5 Å². The molecule has 1 heterocycles. The van der Waals surface area contributed by atoms with E-state index < -0.39 is 0 Å². The first kappa shape index (κ1) is 25.1. The Morgan fingerprint density at radius 1 is 1.09 bits per heavy atom. The van der Waals surface area contributed by atoms with Crippen LogP contribution in [0.25, 0.3) is 0 Å². The molecule has 0 bridgehead atoms. The minimum atomic E-state index is -0.0972. The number of hydrogen-bond acceptors (Lipinski definition) is 7. The van der Waals surface area contributed by atoms with Gasteiger partial charge in [0.2, 0.25) is 12.0 Å². The van der Waals surface area contributed by atoms with E-state index in [1.165, 1.54) is 6.08 Å². The van der Waals surface area contributed by atoms with E-state index in [1.807, 2.05) is 11.0 Å². The van der Waals surface area contributed by atoms with E-state index in [9.17, 15) is 14.4 Å². The number of amides is 1. The second-order valence-electron chi connectivity index (χ2n) is 7.87. The molecular weight excluding hydrogens is 554 g/mol. The first-order valence-corrected chi connectivity index (χ1v) is 12.1. The Morgan fingerprint density at radius 2 is 1.76 bits per heavy atom. The van der Waals surface area contributed by atoms with E-state index in [0.717, 1.165) is 18.4 Å². The number of anilines is 2. The monoisotopic (exact) mass is 577 g/mol. The van der Waals surface area contributed by atoms with E-state index >= 15 is 0 Å². The quantitative estimate of drug-likeness (QED) is 0.187. The summed E-state index contributed by atoms with van der Waals surface area (Å²) in [7, 11) is 0. The number of rotatable bonds is 8. The third kappa shape index (κ3) is 6.51. The van der Waals surface area contributed by atoms with Gasteiger partial charge in [-0.2, -0.15) is 4.99 Å². The number of benzene rings is 2. The van der Waals surface area contributed by atoms with Crippen molar-refractivity contribution in [2.24, 2.45) is 4.99 Å². The van der Waals surface area contributed by atoms with E-state index in [-0.39, 0.29) is 30.6 Å². The van der Waals surface area contributed by atoms with Crippen LogP contribution in [-0.4, -0.2) is 41.8 Å². The fraction of sp³-hybridized carbons (Fsp3) is 0.348. The highest BCUT2D eigenvalue weighted by molar-refractivity contribution is 9.11. The topological polar surface area (TPSA) is 131 Å². The summed E-state index contributed by atoms with van der Waals surface area (Å²) in [6.45, 7) is 1.82. The molecule has 174 valence electrons. The number of para-hydroxylation sites is 1. The van der Waals surface area contributed by atoms with E-state index in [1.54, 1.807) is 24.3 Å². The Balaban J connectivity index is 1.45. The maximum Gasteiger partial charge on any atom is 0.240 e. The van der Waals surface area contributed by atoms with Crippen molar-refractivity contribution in [1.82, 2.24) is 10.2 Å². The molecule has 8 nitrogen and oxygen atoms in total. The van der Waals surface area contributed by atoms with Gasteiger partial charge < -0.3 is 21.7 Å². The number of aliphatic imine (C=N–C) groups is 1. The molecule has 3 rings (SSSR count). The average Bonchev–Trinajstić information content (AvgIpc) is 2.81. The molecule has 1 saturated heterocycles. The van der Waals surface area contributed by atoms with Crippen LogP contribution in [0, 0.1) is 0 Å². The van der Waals surface area contributed by atoms with Gasteiger partial charge in [-0.25, -0.2) is 4.79 Å². The van der Waals surface area contributed by atoms with Crippen LogP contribution in [-0.2, 0) is 16.1 Å². The average molecular weight is 579 g/mol. The van der Waals surface area contributed by atoms with E-state index in [2.05, 4.69) is 42.2 Å². The highest BCUT2D eigenvalue weighted by Gasteiger charge is 2.23. The number of carbonyl (C=O) groups is 2. The smallest absolute Gasteiger partial charge is 0.240 e. The predicted molar refractivity (Wildman–Crippen MR) is 135 cm³/mol. The standard InChI is InChI=1S/C23H25Br2N5O3/c24-17-10-15(11-18(25)23(17)27)20(32)4-5-21(33)30-8-6-16(7-9-30)28-12-14-2-1-3-19(22(14)26)29-13-31/h1-3,10-11,16,28H,4-9,12,26-27H2. The molecule has 0 radical (unpaired) electrons. The van der Waals surface area contributed by atoms with Crippen LogP contribution in [0.4, 0.5) is 17.1 Å². The van der Waals surface area contributed by atoms with Crippen LogP contribution in [0.1, 0.15) is 41.6 Å². The summed E-state index contributed by atoms with van der Waals surface area (Å²) in [6, 6.07) is 8.96. The van der Waals surface area contributed by atoms with Gasteiger partial charge in [0.15, 0.2) is 5.78 Å². The molecule has 1 aliphatic heterocycles. The summed E-state index contributed by atoms with van der Waals surface area (Å²) >= 11 is 6.68. The number of likely N-dealkylation sites (tertiary alicyclic amines) is 1. The Bertz CT molecular complexity index is 1070. The molecule has 0 saturated carbocycles. The highest BCUT2D eigenvalue weighted by atomic mass is 79.9. The van der Waals surface area contributed by atoms with Crippen LogP contribution < -0.4 is 16.8 Å². The summed E-state index contributed by atoms with van der Waals surface area (Å²) in [6.07, 6.45) is 3.46. The van der Waals surface area contributed by atoms with Crippen LogP contribution in [0.15, 0.2) is 44.3 Å². The molecule has 1 amide bonds. The second-order valence-corrected chi connectivity index (χ2v) is 9.57. The number of hydrogen-bond donors (Lipinski definition) is 3. The molecular formula is C23H25Br2N5O3. The van der Waals surface area contributed by atoms with Crippen LogP contribution >= 0.6 is 31.9 Å². The Morgan fingerprint density at radius 3 is 2.39 bits per heavy atom. The summed E-state index contributed by atoms with van der Waals surface area (Å²) in [5.74, 6) is -0.112. The molecule has 0 atom stereocenters. The summed E-state index contributed by atoms with van der Waals surface area (Å²) < 4.78 is 1.29. The van der Waals surface area contributed by atoms with Gasteiger partial charge in [0, 0.05) is 53.0 Å². The molecule has 1 aliphatic rings. The van der Waals surface area contributed by atoms with Gasteiger partial charge in [0.1, 0.15) is 0 Å². The Kier molecular flexibility index (Phi) is 8.80. The molecule has 10 heteroatoms. The zero-order valence-corrected chi connectivity index (χ0v) is 21.1. The van der Waals surface area contributed by atoms with Crippen LogP contribution in [0.2, 0.25) is 0 Å². The lowest BCUT2D eigenvalue weighted by molar-refractivity contribution is -0.132. The number of isocyanates is 1. The van der Waals surface area contributed by atoms with Crippen LogP contribution in [0.5, 0.6) is 0 Å². The van der Waals surface area contributed by atoms with Crippen molar-refractivity contribution in [2.45, 2.75) is 38.3 Å². The normalized spacial score (nSPS) is 14.1. The zero-order valence-electron chi connectivity index (χ0n) is 17.9. The van der Waals surface area contributed by atoms with Gasteiger partial charge >= 0.3 is 0 Å². The maximum atomic E-state index is 12.6. The number of ketones is 1. The lowest BCUT2D eigenvalue weighted by Crippen LogP contribution is -2.44. The highest BCUT2D eigenvalue weighted by Crippen LogP contribution is 2.30. The van der Waals surface area contributed by atoms with Crippen molar-refractivity contribution >= 4 is 66.7 Å². The van der Waals surface area contributed by atoms with Gasteiger partial charge in [-0.1, -0.05) is 12.1 Å². The summed E-state index contributed by atoms with van der Waals surface area (Å²) in [5.41, 5.74) is 14.7. The lowest BCUT2D eigenvalue weighted by atomic mass is 10.0. The fourth-order valence-electron chi connectivity index (χ4n) is 3.76. The van der Waals surface area contributed by atoms with Crippen molar-refractivity contribution in [3.63, 3.8) is 0 Å². The van der Waals surface area contributed by atoms with Crippen LogP contribution in [0.3, 0.4) is 0 Å². The summed E-state index contributed by atoms with van der Waals surface area (Å²) in [4.78, 5) is 41.0. The van der Waals surface area contributed by atoms with Crippen molar-refractivity contribution in [1.29, 1.82) is 0 Å². The predicted octanol–water partition coefficient (Wildman–Crippen LogP) is 4.09. The number of carbonyl (C=O) groups excluding carboxylic acids is 3. The first-order valence-electron chi connectivity index (χ1n) is 10.5. The molecule has 0 unspecified atom stereocenters. The second kappa shape index (κ2) is 11.6. The molecule has 2 aromatic rings. The lowest BCUT2D eigenvalue weighted by Gasteiger charge is -2.32. The number of nitrogens with one attached hydrogen (secondary N) is 1. The minimum Gasteiger partial charge on any atom is -0.397 e. The van der Waals surface area contributed by atoms with Crippen molar-refractivity contribution in [3.8, 4) is 0 Å². The van der Waals surface area contributed by atoms with Gasteiger partial charge in [-0.15, -0.1) is 0 Å². The third-order valence-corrected chi connectivity index (χ3v) is 7.05. The fourth-order valence-corrected chi connectivity index (χ4v) is 4.94. The molecule has 0 spiro atoms. The number of nitrogens with zero attached hydrogens (tertiary/aromatic N) is 2. The number of piperidine rings is 1. The Labute approximate surface area is 209 Å². The van der Waals surface area contributed by atoms with Gasteiger partial charge in [-0.3, -0.25) is 9.59 Å².